The van der Waals surface area contributed by atoms with Crippen LogP contribution in [0.4, 0.5) is 0 Å². The van der Waals surface area contributed by atoms with Crippen molar-refractivity contribution in [3.05, 3.63) is 78.7 Å². The molecule has 0 atom stereocenters. The summed E-state index contributed by atoms with van der Waals surface area (Å²) in [6.07, 6.45) is 12.0. The van der Waals surface area contributed by atoms with Crippen LogP contribution in [0.1, 0.15) is 112 Å². The first kappa shape index (κ1) is 25.5. The first-order valence-corrected chi connectivity index (χ1v) is 14.1. The van der Waals surface area contributed by atoms with Crippen molar-refractivity contribution in [2.75, 3.05) is 0 Å². The minimum atomic E-state index is 0.880. The summed E-state index contributed by atoms with van der Waals surface area (Å²) >= 11 is 0. The fourth-order valence-electron chi connectivity index (χ4n) is 6.58. The Morgan fingerprint density at radius 3 is 1.43 bits per heavy atom. The van der Waals surface area contributed by atoms with Crippen LogP contribution in [0.5, 0.6) is 0 Å². The maximum absolute atomic E-state index is 5.01. The molecule has 3 aliphatic rings. The van der Waals surface area contributed by atoms with Crippen molar-refractivity contribution in [1.82, 2.24) is 9.97 Å². The lowest BCUT2D eigenvalue weighted by atomic mass is 9.96. The third-order valence-corrected chi connectivity index (χ3v) is 8.86. The maximum atomic E-state index is 5.01. The molecule has 37 heavy (non-hydrogen) atoms. The van der Waals surface area contributed by atoms with Crippen LogP contribution >= 0.6 is 0 Å². The van der Waals surface area contributed by atoms with E-state index in [1.165, 1.54) is 91.6 Å². The van der Waals surface area contributed by atoms with E-state index in [0.717, 1.165) is 43.5 Å². The van der Waals surface area contributed by atoms with E-state index in [4.69, 9.17) is 9.98 Å². The van der Waals surface area contributed by atoms with Crippen molar-refractivity contribution in [1.29, 1.82) is 0 Å². The molecule has 8 bridgehead atoms. The fourth-order valence-corrected chi connectivity index (χ4v) is 6.58. The van der Waals surface area contributed by atoms with E-state index in [9.17, 15) is 0 Å². The molecule has 4 nitrogen and oxygen atoms in total. The van der Waals surface area contributed by atoms with E-state index < -0.39 is 0 Å². The molecule has 194 valence electrons. The van der Waals surface area contributed by atoms with Gasteiger partial charge in [-0.3, -0.25) is 9.98 Å². The van der Waals surface area contributed by atoms with Gasteiger partial charge in [-0.25, -0.2) is 0 Å². The highest BCUT2D eigenvalue weighted by Gasteiger charge is 2.23. The summed E-state index contributed by atoms with van der Waals surface area (Å²) in [6, 6.07) is 0. The summed E-state index contributed by atoms with van der Waals surface area (Å²) in [5.74, 6) is 0. The SMILES string of the molecule is CCc1c2[nH]c(c1C)C=C1N=C(C)C(=C1C)CCCCC1=C(C)/C(=C\c3[nH]c(c(CC)c3C)C2)N=C1C. The molecule has 3 aliphatic heterocycles. The van der Waals surface area contributed by atoms with Crippen LogP contribution in [-0.2, 0) is 19.3 Å². The van der Waals surface area contributed by atoms with Crippen LogP contribution in [0.2, 0.25) is 0 Å². The van der Waals surface area contributed by atoms with E-state index in [1.807, 2.05) is 0 Å². The van der Waals surface area contributed by atoms with Crippen LogP contribution in [-0.4, -0.2) is 21.4 Å². The summed E-state index contributed by atoms with van der Waals surface area (Å²) in [4.78, 5) is 17.6. The zero-order chi connectivity index (χ0) is 26.4. The Labute approximate surface area is 222 Å². The van der Waals surface area contributed by atoms with Gasteiger partial charge < -0.3 is 9.97 Å². The molecular formula is C33H42N4. The molecule has 2 N–H and O–H groups in total. The Morgan fingerprint density at radius 1 is 0.649 bits per heavy atom. The Balaban J connectivity index is 1.67. The highest BCUT2D eigenvalue weighted by Crippen LogP contribution is 2.35. The normalized spacial score (nSPS) is 19.8. The molecule has 0 spiro atoms. The Bertz CT molecular complexity index is 1350. The van der Waals surface area contributed by atoms with Gasteiger partial charge in [0.05, 0.1) is 11.4 Å². The standard InChI is InChI=1S/C33H42N4/c1-9-24-18(3)30-15-28-20(5)26(22(7)34-28)13-11-12-14-27-21(6)29(35-23(27)8)16-31-19(4)25(10-2)33(37-31)17-32(24)36-30/h15-16,36-37H,9-14,17H2,1-8H3/b28-15+,29-16?. The second kappa shape index (κ2) is 9.96. The number of H-pyrrole nitrogens is 2. The molecular weight excluding hydrogens is 452 g/mol. The molecule has 0 saturated carbocycles. The minimum absolute atomic E-state index is 0.880. The van der Waals surface area contributed by atoms with Crippen molar-refractivity contribution < 1.29 is 0 Å². The third kappa shape index (κ3) is 4.45. The predicted molar refractivity (Wildman–Crippen MR) is 159 cm³/mol. The largest absolute Gasteiger partial charge is 0.358 e. The average molecular weight is 495 g/mol. The third-order valence-electron chi connectivity index (χ3n) is 8.86. The summed E-state index contributed by atoms with van der Waals surface area (Å²) in [7, 11) is 0. The van der Waals surface area contributed by atoms with Gasteiger partial charge in [0, 0.05) is 40.6 Å². The summed E-state index contributed by atoms with van der Waals surface area (Å²) in [6.45, 7) is 17.9. The summed E-state index contributed by atoms with van der Waals surface area (Å²) in [5.41, 5.74) is 20.7. The van der Waals surface area contributed by atoms with Gasteiger partial charge >= 0.3 is 0 Å². The number of hydrogen-bond acceptors (Lipinski definition) is 2. The monoisotopic (exact) mass is 494 g/mol. The molecule has 0 saturated heterocycles. The van der Waals surface area contributed by atoms with Crippen LogP contribution in [0.3, 0.4) is 0 Å². The topological polar surface area (TPSA) is 56.3 Å². The lowest BCUT2D eigenvalue weighted by Gasteiger charge is -2.07. The first-order valence-electron chi connectivity index (χ1n) is 14.1. The first-order chi connectivity index (χ1) is 17.7. The number of aromatic nitrogens is 2. The number of aliphatic imine (C=N–C) groups is 2. The van der Waals surface area contributed by atoms with Crippen LogP contribution in [0, 0.1) is 13.8 Å². The predicted octanol–water partition coefficient (Wildman–Crippen LogP) is 8.51. The van der Waals surface area contributed by atoms with Gasteiger partial charge in [0.15, 0.2) is 0 Å². The Hall–Kier alpha value is -3.14. The molecule has 0 amide bonds. The molecule has 0 fully saturated rings. The number of allylic oxidation sites excluding steroid dienone is 4. The van der Waals surface area contributed by atoms with E-state index in [1.54, 1.807) is 0 Å². The van der Waals surface area contributed by atoms with Crippen LogP contribution in [0.15, 0.2) is 43.7 Å². The lowest BCUT2D eigenvalue weighted by molar-refractivity contribution is 0.742. The van der Waals surface area contributed by atoms with E-state index in [-0.39, 0.29) is 0 Å². The second-order valence-corrected chi connectivity index (χ2v) is 11.0. The minimum Gasteiger partial charge on any atom is -0.358 e. The van der Waals surface area contributed by atoms with Crippen LogP contribution in [0.25, 0.3) is 12.2 Å². The van der Waals surface area contributed by atoms with Crippen LogP contribution < -0.4 is 0 Å². The second-order valence-electron chi connectivity index (χ2n) is 11.0. The average Bonchev–Trinajstić information content (AvgIpc) is 3.50. The van der Waals surface area contributed by atoms with E-state index >= 15 is 0 Å². The number of nitrogens with zero attached hydrogens (tertiary/aromatic N) is 2. The van der Waals surface area contributed by atoms with Crippen molar-refractivity contribution in [2.45, 2.75) is 100 Å². The lowest BCUT2D eigenvalue weighted by Crippen LogP contribution is -1.98. The molecule has 0 aromatic carbocycles. The number of rotatable bonds is 2. The van der Waals surface area contributed by atoms with Crippen molar-refractivity contribution >= 4 is 23.6 Å². The van der Waals surface area contributed by atoms with Gasteiger partial charge in [-0.15, -0.1) is 0 Å². The summed E-state index contributed by atoms with van der Waals surface area (Å²) < 4.78 is 0. The van der Waals surface area contributed by atoms with Gasteiger partial charge in [0.1, 0.15) is 0 Å². The number of fused-ring (bicyclic) bond motifs is 6. The highest BCUT2D eigenvalue weighted by molar-refractivity contribution is 6.04. The highest BCUT2D eigenvalue weighted by atomic mass is 14.8. The maximum Gasteiger partial charge on any atom is 0.0686 e. The van der Waals surface area contributed by atoms with Gasteiger partial charge in [-0.1, -0.05) is 13.8 Å². The smallest absolute Gasteiger partial charge is 0.0686 e. The molecule has 0 unspecified atom stereocenters. The molecule has 2 aromatic rings. The van der Waals surface area contributed by atoms with Crippen molar-refractivity contribution in [3.8, 4) is 0 Å². The van der Waals surface area contributed by atoms with Crippen molar-refractivity contribution in [2.24, 2.45) is 9.98 Å². The molecule has 2 aromatic heterocycles. The molecule has 0 aliphatic carbocycles. The number of aromatic amines is 2. The quantitative estimate of drug-likeness (QED) is 0.420. The van der Waals surface area contributed by atoms with Crippen molar-refractivity contribution in [3.63, 3.8) is 0 Å². The Morgan fingerprint density at radius 2 is 1.05 bits per heavy atom. The number of hydrogen-bond donors (Lipinski definition) is 2. The van der Waals surface area contributed by atoms with E-state index in [2.05, 4.69) is 77.5 Å². The Kier molecular flexibility index (Phi) is 6.87. The molecule has 0 radical (unpaired) electrons. The fraction of sp³-hybridized carbons (Fsp3) is 0.455. The zero-order valence-electron chi connectivity index (χ0n) is 24.0. The van der Waals surface area contributed by atoms with Gasteiger partial charge in [-0.05, 0) is 137 Å². The van der Waals surface area contributed by atoms with Gasteiger partial charge in [0.25, 0.3) is 0 Å². The van der Waals surface area contributed by atoms with E-state index in [0.29, 0.717) is 0 Å². The zero-order valence-corrected chi connectivity index (χ0v) is 24.0. The summed E-state index contributed by atoms with van der Waals surface area (Å²) in [5, 5.41) is 0. The van der Waals surface area contributed by atoms with Gasteiger partial charge in [0.2, 0.25) is 0 Å². The van der Waals surface area contributed by atoms with Gasteiger partial charge in [-0.2, -0.15) is 0 Å². The molecule has 5 rings (SSSR count). The number of nitrogens with one attached hydrogen (secondary N) is 2. The molecule has 5 heterocycles. The molecule has 4 heteroatoms.